The third-order valence-corrected chi connectivity index (χ3v) is 6.79. The van der Waals surface area contributed by atoms with Crippen LogP contribution in [0.25, 0.3) is 0 Å². The quantitative estimate of drug-likeness (QED) is 0.794. The number of fused-ring (bicyclic) bond motifs is 3. The molecule has 2 atom stereocenters. The van der Waals surface area contributed by atoms with E-state index in [-0.39, 0.29) is 23.7 Å². The van der Waals surface area contributed by atoms with E-state index in [9.17, 15) is 14.7 Å². The van der Waals surface area contributed by atoms with Crippen molar-refractivity contribution in [2.24, 2.45) is 23.7 Å². The number of rotatable bonds is 4. The Kier molecular flexibility index (Phi) is 4.98. The second kappa shape index (κ2) is 7.41. The maximum Gasteiger partial charge on any atom is 0.226 e. The molecule has 4 aliphatic rings. The summed E-state index contributed by atoms with van der Waals surface area (Å²) >= 11 is 0. The van der Waals surface area contributed by atoms with Crippen molar-refractivity contribution in [1.82, 2.24) is 4.90 Å². The number of amides is 1. The van der Waals surface area contributed by atoms with Gasteiger partial charge in [-0.3, -0.25) is 4.79 Å². The first-order chi connectivity index (χ1) is 13.1. The molecule has 5 rings (SSSR count). The molecular weight excluding hydrogens is 344 g/mol. The molecule has 1 aromatic rings. The molecule has 6 nitrogen and oxygen atoms in total. The smallest absolute Gasteiger partial charge is 0.226 e. The van der Waals surface area contributed by atoms with Crippen molar-refractivity contribution in [3.63, 3.8) is 0 Å². The highest BCUT2D eigenvalue weighted by Gasteiger charge is 2.48. The van der Waals surface area contributed by atoms with Gasteiger partial charge in [0.15, 0.2) is 0 Å². The third-order valence-electron chi connectivity index (χ3n) is 6.79. The number of hydrogen-bond acceptors (Lipinski definition) is 5. The standard InChI is InChI=1S/C21H28N2O4/c1-27-17-5-3-2-4-16(17)22-10-12-23(13-11-22)20(24)18-14-6-8-15(9-7-14)19(18)21(25)26/h2-5,14-15,18-19H,6-13H2,1H3,(H,25,26)/p-1/t14?,15?,18-,19+/m0/s1. The van der Waals surface area contributed by atoms with Gasteiger partial charge in [-0.25, -0.2) is 0 Å². The zero-order chi connectivity index (χ0) is 19.0. The number of carboxylic acids is 1. The first-order valence-electron chi connectivity index (χ1n) is 9.97. The summed E-state index contributed by atoms with van der Waals surface area (Å²) in [5.41, 5.74) is 1.04. The zero-order valence-corrected chi connectivity index (χ0v) is 15.8. The Hall–Kier alpha value is -2.24. The summed E-state index contributed by atoms with van der Waals surface area (Å²) in [6.45, 7) is 2.68. The van der Waals surface area contributed by atoms with Gasteiger partial charge in [0.05, 0.1) is 12.8 Å². The molecule has 3 saturated carbocycles. The molecule has 1 aliphatic heterocycles. The number of para-hydroxylation sites is 2. The Morgan fingerprint density at radius 3 is 2.15 bits per heavy atom. The Morgan fingerprint density at radius 2 is 1.56 bits per heavy atom. The lowest BCUT2D eigenvalue weighted by atomic mass is 9.58. The predicted octanol–water partition coefficient (Wildman–Crippen LogP) is 1.15. The topological polar surface area (TPSA) is 72.9 Å². The number of carbonyl (C=O) groups excluding carboxylic acids is 2. The number of methoxy groups -OCH3 is 1. The number of anilines is 1. The minimum atomic E-state index is -1.03. The van der Waals surface area contributed by atoms with E-state index < -0.39 is 11.9 Å². The van der Waals surface area contributed by atoms with Crippen LogP contribution in [0, 0.1) is 23.7 Å². The summed E-state index contributed by atoms with van der Waals surface area (Å²) in [5.74, 6) is -0.841. The molecule has 1 heterocycles. The SMILES string of the molecule is COc1ccccc1N1CCN(C(=O)[C@H]2C3CCC(CC3)[C@H]2C(=O)[O-])CC1. The number of nitrogens with zero attached hydrogens (tertiary/aromatic N) is 2. The van der Waals surface area contributed by atoms with Crippen LogP contribution in [0.4, 0.5) is 5.69 Å². The van der Waals surface area contributed by atoms with Gasteiger partial charge >= 0.3 is 0 Å². The molecule has 0 radical (unpaired) electrons. The molecule has 4 fully saturated rings. The largest absolute Gasteiger partial charge is 0.550 e. The number of aliphatic carboxylic acids is 1. The summed E-state index contributed by atoms with van der Waals surface area (Å²) < 4.78 is 5.45. The maximum absolute atomic E-state index is 13.2. The van der Waals surface area contributed by atoms with Gasteiger partial charge in [0, 0.05) is 44.0 Å². The number of hydrogen-bond donors (Lipinski definition) is 0. The van der Waals surface area contributed by atoms with Crippen LogP contribution in [0.3, 0.4) is 0 Å². The van der Waals surface area contributed by atoms with Crippen LogP contribution < -0.4 is 14.7 Å². The van der Waals surface area contributed by atoms with Crippen molar-refractivity contribution >= 4 is 17.6 Å². The number of piperazine rings is 1. The van der Waals surface area contributed by atoms with E-state index in [4.69, 9.17) is 4.74 Å². The van der Waals surface area contributed by atoms with Gasteiger partial charge in [0.25, 0.3) is 0 Å². The van der Waals surface area contributed by atoms with E-state index in [0.717, 1.165) is 50.2 Å². The molecule has 1 aromatic carbocycles. The van der Waals surface area contributed by atoms with Gasteiger partial charge < -0.3 is 24.4 Å². The fraction of sp³-hybridized carbons (Fsp3) is 0.619. The second-order valence-electron chi connectivity index (χ2n) is 8.03. The van der Waals surface area contributed by atoms with Crippen molar-refractivity contribution in [2.45, 2.75) is 25.7 Å². The number of carboxylic acid groups (broad SMARTS) is 1. The molecule has 6 heteroatoms. The van der Waals surface area contributed by atoms with Gasteiger partial charge in [0.1, 0.15) is 5.75 Å². The van der Waals surface area contributed by atoms with Gasteiger partial charge in [-0.05, 0) is 49.7 Å². The lowest BCUT2D eigenvalue weighted by molar-refractivity contribution is -0.318. The van der Waals surface area contributed by atoms with Crippen LogP contribution in [0.5, 0.6) is 5.75 Å². The molecule has 1 saturated heterocycles. The highest BCUT2D eigenvalue weighted by molar-refractivity contribution is 5.85. The van der Waals surface area contributed by atoms with Crippen LogP contribution in [0.2, 0.25) is 0 Å². The van der Waals surface area contributed by atoms with E-state index in [1.807, 2.05) is 29.2 Å². The van der Waals surface area contributed by atoms with Crippen LogP contribution >= 0.6 is 0 Å². The third kappa shape index (κ3) is 3.26. The van der Waals surface area contributed by atoms with Gasteiger partial charge in [-0.1, -0.05) is 12.1 Å². The minimum absolute atomic E-state index is 0.0262. The van der Waals surface area contributed by atoms with Crippen molar-refractivity contribution in [2.75, 3.05) is 38.2 Å². The van der Waals surface area contributed by atoms with E-state index in [0.29, 0.717) is 13.1 Å². The Bertz CT molecular complexity index is 706. The molecule has 1 amide bonds. The van der Waals surface area contributed by atoms with E-state index in [1.165, 1.54) is 0 Å². The Labute approximate surface area is 160 Å². The average Bonchev–Trinajstić information content (AvgIpc) is 2.73. The predicted molar refractivity (Wildman–Crippen MR) is 99.2 cm³/mol. The van der Waals surface area contributed by atoms with Crippen molar-refractivity contribution in [3.05, 3.63) is 24.3 Å². The Balaban J connectivity index is 1.45. The van der Waals surface area contributed by atoms with Crippen LogP contribution in [-0.4, -0.2) is 50.1 Å². The molecule has 27 heavy (non-hydrogen) atoms. The van der Waals surface area contributed by atoms with Crippen molar-refractivity contribution < 1.29 is 19.4 Å². The molecule has 3 aliphatic carbocycles. The summed E-state index contributed by atoms with van der Waals surface area (Å²) in [6.07, 6.45) is 3.81. The minimum Gasteiger partial charge on any atom is -0.550 e. The zero-order valence-electron chi connectivity index (χ0n) is 15.8. The van der Waals surface area contributed by atoms with Crippen molar-refractivity contribution in [1.29, 1.82) is 0 Å². The second-order valence-corrected chi connectivity index (χ2v) is 8.03. The molecule has 0 spiro atoms. The lowest BCUT2D eigenvalue weighted by Gasteiger charge is -2.50. The normalized spacial score (nSPS) is 30.3. The van der Waals surface area contributed by atoms with E-state index in [2.05, 4.69) is 4.90 Å². The molecule has 0 N–H and O–H groups in total. The molecule has 0 aromatic heterocycles. The number of ether oxygens (including phenoxy) is 1. The van der Waals surface area contributed by atoms with Gasteiger partial charge in [-0.2, -0.15) is 0 Å². The number of carbonyl (C=O) groups is 2. The van der Waals surface area contributed by atoms with Crippen molar-refractivity contribution in [3.8, 4) is 5.75 Å². The lowest BCUT2D eigenvalue weighted by Crippen LogP contribution is -2.57. The maximum atomic E-state index is 13.2. The average molecular weight is 371 g/mol. The van der Waals surface area contributed by atoms with Crippen LogP contribution in [-0.2, 0) is 9.59 Å². The van der Waals surface area contributed by atoms with Crippen LogP contribution in [0.15, 0.2) is 24.3 Å². The fourth-order valence-corrected chi connectivity index (χ4v) is 5.41. The molecule has 146 valence electrons. The summed E-state index contributed by atoms with van der Waals surface area (Å²) in [5, 5.41) is 11.7. The van der Waals surface area contributed by atoms with E-state index >= 15 is 0 Å². The first kappa shape index (κ1) is 18.1. The summed E-state index contributed by atoms with van der Waals surface area (Å²) in [4.78, 5) is 29.1. The Morgan fingerprint density at radius 1 is 0.963 bits per heavy atom. The van der Waals surface area contributed by atoms with Gasteiger partial charge in [0.2, 0.25) is 5.91 Å². The summed E-state index contributed by atoms with van der Waals surface area (Å²) in [6, 6.07) is 7.90. The highest BCUT2D eigenvalue weighted by atomic mass is 16.5. The summed E-state index contributed by atoms with van der Waals surface area (Å²) in [7, 11) is 1.66. The molecule has 2 bridgehead atoms. The molecular formula is C21H27N2O4-. The first-order valence-corrected chi connectivity index (χ1v) is 9.97. The van der Waals surface area contributed by atoms with Gasteiger partial charge in [-0.15, -0.1) is 0 Å². The number of benzene rings is 1. The fourth-order valence-electron chi connectivity index (χ4n) is 5.41. The highest BCUT2D eigenvalue weighted by Crippen LogP contribution is 2.49. The van der Waals surface area contributed by atoms with Crippen LogP contribution in [0.1, 0.15) is 25.7 Å². The monoisotopic (exact) mass is 371 g/mol. The molecule has 0 unspecified atom stereocenters. The van der Waals surface area contributed by atoms with E-state index in [1.54, 1.807) is 7.11 Å².